The van der Waals surface area contributed by atoms with Crippen molar-refractivity contribution in [1.82, 2.24) is 9.88 Å². The molecule has 1 atom stereocenters. The van der Waals surface area contributed by atoms with Crippen molar-refractivity contribution in [2.24, 2.45) is 0 Å². The van der Waals surface area contributed by atoms with E-state index in [0.29, 0.717) is 6.10 Å². The van der Waals surface area contributed by atoms with Gasteiger partial charge in [0.2, 0.25) is 0 Å². The van der Waals surface area contributed by atoms with Gasteiger partial charge in [-0.15, -0.1) is 0 Å². The van der Waals surface area contributed by atoms with Crippen molar-refractivity contribution in [1.29, 1.82) is 0 Å². The molecular weight excluding hydrogens is 328 g/mol. The fourth-order valence-corrected chi connectivity index (χ4v) is 3.84. The first-order chi connectivity index (χ1) is 12.8. The van der Waals surface area contributed by atoms with Gasteiger partial charge in [0.15, 0.2) is 0 Å². The molecule has 1 unspecified atom stereocenters. The molecule has 0 bridgehead atoms. The zero-order chi connectivity index (χ0) is 17.8. The van der Waals surface area contributed by atoms with E-state index in [1.165, 1.54) is 22.9 Å². The zero-order valence-corrected chi connectivity index (χ0v) is 15.5. The second-order valence-electron chi connectivity index (χ2n) is 7.10. The SMILES string of the molecule is COc1ccc2[nH]cc(C3=CCN(CCOCC4CCCO4)CC3)c2c1. The maximum atomic E-state index is 5.80. The summed E-state index contributed by atoms with van der Waals surface area (Å²) in [5.41, 5.74) is 3.88. The highest BCUT2D eigenvalue weighted by atomic mass is 16.5. The van der Waals surface area contributed by atoms with Crippen LogP contribution in [0, 0.1) is 0 Å². The fourth-order valence-electron chi connectivity index (χ4n) is 3.84. The van der Waals surface area contributed by atoms with Crippen molar-refractivity contribution in [3.63, 3.8) is 0 Å². The van der Waals surface area contributed by atoms with E-state index < -0.39 is 0 Å². The Kier molecular flexibility index (Phi) is 5.58. The highest BCUT2D eigenvalue weighted by Crippen LogP contribution is 2.31. The third-order valence-electron chi connectivity index (χ3n) is 5.41. The summed E-state index contributed by atoms with van der Waals surface area (Å²) in [4.78, 5) is 5.83. The number of ether oxygens (including phenoxy) is 3. The molecule has 5 nitrogen and oxygen atoms in total. The van der Waals surface area contributed by atoms with Crippen LogP contribution in [0.25, 0.3) is 16.5 Å². The summed E-state index contributed by atoms with van der Waals surface area (Å²) < 4.78 is 16.8. The van der Waals surface area contributed by atoms with Gasteiger partial charge in [0, 0.05) is 48.9 Å². The summed E-state index contributed by atoms with van der Waals surface area (Å²) in [6, 6.07) is 6.20. The van der Waals surface area contributed by atoms with E-state index in [9.17, 15) is 0 Å². The highest BCUT2D eigenvalue weighted by Gasteiger charge is 2.17. The fraction of sp³-hybridized carbons (Fsp3) is 0.524. The first kappa shape index (κ1) is 17.6. The van der Waals surface area contributed by atoms with Gasteiger partial charge >= 0.3 is 0 Å². The summed E-state index contributed by atoms with van der Waals surface area (Å²) >= 11 is 0. The number of hydrogen-bond acceptors (Lipinski definition) is 4. The van der Waals surface area contributed by atoms with Crippen molar-refractivity contribution in [3.8, 4) is 5.75 Å². The number of rotatable bonds is 7. The molecule has 1 fully saturated rings. The number of benzene rings is 1. The van der Waals surface area contributed by atoms with Crippen molar-refractivity contribution in [2.45, 2.75) is 25.4 Å². The minimum atomic E-state index is 0.321. The molecule has 1 aromatic heterocycles. The smallest absolute Gasteiger partial charge is 0.119 e. The quantitative estimate of drug-likeness (QED) is 0.772. The van der Waals surface area contributed by atoms with Gasteiger partial charge in [0.05, 0.1) is 26.4 Å². The van der Waals surface area contributed by atoms with Gasteiger partial charge in [-0.25, -0.2) is 0 Å². The first-order valence-corrected chi connectivity index (χ1v) is 9.60. The Bertz CT molecular complexity index is 762. The third kappa shape index (κ3) is 3.95. The summed E-state index contributed by atoms with van der Waals surface area (Å²) in [6.07, 6.45) is 8.18. The predicted molar refractivity (Wildman–Crippen MR) is 104 cm³/mol. The van der Waals surface area contributed by atoms with Gasteiger partial charge in [-0.05, 0) is 43.0 Å². The van der Waals surface area contributed by atoms with Crippen LogP contribution in [-0.2, 0) is 9.47 Å². The molecule has 5 heteroatoms. The number of nitrogens with zero attached hydrogens (tertiary/aromatic N) is 1. The zero-order valence-electron chi connectivity index (χ0n) is 15.5. The van der Waals surface area contributed by atoms with Crippen molar-refractivity contribution < 1.29 is 14.2 Å². The molecule has 2 aliphatic rings. The number of nitrogens with one attached hydrogen (secondary N) is 1. The standard InChI is InChI=1S/C21H28N2O3/c1-24-17-4-5-21-19(13-17)20(14-22-21)16-6-8-23(9-7-16)10-12-25-15-18-3-2-11-26-18/h4-6,13-14,18,22H,2-3,7-12,15H2,1H3. The molecule has 1 saturated heterocycles. The Morgan fingerprint density at radius 3 is 3.08 bits per heavy atom. The van der Waals surface area contributed by atoms with Gasteiger partial charge in [0.1, 0.15) is 5.75 Å². The normalized spacial score (nSPS) is 21.3. The second-order valence-corrected chi connectivity index (χ2v) is 7.10. The lowest BCUT2D eigenvalue weighted by Crippen LogP contribution is -2.32. The third-order valence-corrected chi connectivity index (χ3v) is 5.41. The van der Waals surface area contributed by atoms with Gasteiger partial charge in [-0.3, -0.25) is 4.90 Å². The van der Waals surface area contributed by atoms with Gasteiger partial charge in [-0.1, -0.05) is 6.08 Å². The number of fused-ring (bicyclic) bond motifs is 1. The van der Waals surface area contributed by atoms with Crippen LogP contribution in [0.3, 0.4) is 0 Å². The number of aromatic nitrogens is 1. The van der Waals surface area contributed by atoms with E-state index in [1.54, 1.807) is 7.11 Å². The summed E-state index contributed by atoms with van der Waals surface area (Å²) in [5, 5.41) is 1.24. The number of hydrogen-bond donors (Lipinski definition) is 1. The lowest BCUT2D eigenvalue weighted by molar-refractivity contribution is 0.0112. The van der Waals surface area contributed by atoms with E-state index in [-0.39, 0.29) is 0 Å². The molecule has 140 valence electrons. The summed E-state index contributed by atoms with van der Waals surface area (Å²) in [5.74, 6) is 0.903. The number of H-pyrrole nitrogens is 1. The molecule has 0 spiro atoms. The van der Waals surface area contributed by atoms with Gasteiger partial charge in [0.25, 0.3) is 0 Å². The Hall–Kier alpha value is -1.82. The summed E-state index contributed by atoms with van der Waals surface area (Å²) in [7, 11) is 1.71. The average Bonchev–Trinajstić information content (AvgIpc) is 3.35. The van der Waals surface area contributed by atoms with E-state index in [1.807, 2.05) is 6.07 Å². The van der Waals surface area contributed by atoms with Crippen LogP contribution in [0.5, 0.6) is 5.75 Å². The summed E-state index contributed by atoms with van der Waals surface area (Å²) in [6.45, 7) is 5.46. The molecule has 1 N–H and O–H groups in total. The van der Waals surface area contributed by atoms with Crippen molar-refractivity contribution in [2.75, 3.05) is 46.6 Å². The van der Waals surface area contributed by atoms with Crippen molar-refractivity contribution >= 4 is 16.5 Å². The Balaban J connectivity index is 1.31. The minimum absolute atomic E-state index is 0.321. The van der Waals surface area contributed by atoms with E-state index in [4.69, 9.17) is 14.2 Å². The Morgan fingerprint density at radius 1 is 1.35 bits per heavy atom. The van der Waals surface area contributed by atoms with Crippen LogP contribution in [-0.4, -0.2) is 62.6 Å². The number of methoxy groups -OCH3 is 1. The monoisotopic (exact) mass is 356 g/mol. The van der Waals surface area contributed by atoms with Crippen molar-refractivity contribution in [3.05, 3.63) is 36.0 Å². The molecule has 0 saturated carbocycles. The molecule has 2 aromatic rings. The van der Waals surface area contributed by atoms with Gasteiger partial charge in [-0.2, -0.15) is 0 Å². The van der Waals surface area contributed by atoms with Crippen LogP contribution in [0.1, 0.15) is 24.8 Å². The molecule has 4 rings (SSSR count). The van der Waals surface area contributed by atoms with E-state index >= 15 is 0 Å². The van der Waals surface area contributed by atoms with E-state index in [2.05, 4.69) is 34.3 Å². The van der Waals surface area contributed by atoms with Crippen LogP contribution < -0.4 is 4.74 Å². The van der Waals surface area contributed by atoms with Gasteiger partial charge < -0.3 is 19.2 Å². The number of aromatic amines is 1. The minimum Gasteiger partial charge on any atom is -0.497 e. The first-order valence-electron chi connectivity index (χ1n) is 9.60. The molecule has 0 aliphatic carbocycles. The predicted octanol–water partition coefficient (Wildman–Crippen LogP) is 3.46. The molecule has 2 aliphatic heterocycles. The largest absolute Gasteiger partial charge is 0.497 e. The molecule has 0 radical (unpaired) electrons. The van der Waals surface area contributed by atoms with Crippen LogP contribution in [0.4, 0.5) is 0 Å². The maximum Gasteiger partial charge on any atom is 0.119 e. The maximum absolute atomic E-state index is 5.80. The van der Waals surface area contributed by atoms with Crippen LogP contribution in [0.15, 0.2) is 30.5 Å². The molecule has 3 heterocycles. The molecular formula is C21H28N2O3. The average molecular weight is 356 g/mol. The van der Waals surface area contributed by atoms with E-state index in [0.717, 1.165) is 63.6 Å². The topological polar surface area (TPSA) is 46.7 Å². The molecule has 26 heavy (non-hydrogen) atoms. The highest BCUT2D eigenvalue weighted by molar-refractivity contribution is 5.93. The Morgan fingerprint density at radius 2 is 2.31 bits per heavy atom. The Labute approximate surface area is 154 Å². The molecule has 1 aromatic carbocycles. The molecule has 0 amide bonds. The second kappa shape index (κ2) is 8.25. The lowest BCUT2D eigenvalue weighted by atomic mass is 9.99. The lowest BCUT2D eigenvalue weighted by Gasteiger charge is -2.26. The van der Waals surface area contributed by atoms with Crippen LogP contribution >= 0.6 is 0 Å². The van der Waals surface area contributed by atoms with Crippen LogP contribution in [0.2, 0.25) is 0 Å².